The maximum absolute atomic E-state index is 5.22. The van der Waals surface area contributed by atoms with Crippen LogP contribution >= 0.6 is 0 Å². The van der Waals surface area contributed by atoms with E-state index < -0.39 is 0 Å². The summed E-state index contributed by atoms with van der Waals surface area (Å²) in [7, 11) is 0. The highest BCUT2D eigenvalue weighted by Gasteiger charge is 2.04. The zero-order valence-electron chi connectivity index (χ0n) is 9.39. The van der Waals surface area contributed by atoms with Gasteiger partial charge in [-0.1, -0.05) is 12.1 Å². The molecule has 0 bridgehead atoms. The van der Waals surface area contributed by atoms with E-state index in [0.29, 0.717) is 6.54 Å². The third kappa shape index (κ3) is 2.93. The predicted molar refractivity (Wildman–Crippen MR) is 59.8 cm³/mol. The summed E-state index contributed by atoms with van der Waals surface area (Å²) in [5.41, 5.74) is 0.940. The smallest absolute Gasteiger partial charge is 0.158 e. The molecule has 2 aromatic rings. The van der Waals surface area contributed by atoms with Crippen LogP contribution in [-0.4, -0.2) is 21.5 Å². The number of aromatic nitrogens is 3. The quantitative estimate of drug-likeness (QED) is 0.748. The van der Waals surface area contributed by atoms with E-state index in [4.69, 9.17) is 4.52 Å². The van der Waals surface area contributed by atoms with Gasteiger partial charge in [0.1, 0.15) is 6.54 Å². The van der Waals surface area contributed by atoms with Crippen molar-refractivity contribution in [2.45, 2.75) is 26.4 Å². The number of nitrogens with one attached hydrogen (secondary N) is 1. The molecule has 0 saturated carbocycles. The minimum atomic E-state index is 0.633. The lowest BCUT2D eigenvalue weighted by molar-refractivity contribution is 0.364. The summed E-state index contributed by atoms with van der Waals surface area (Å²) < 4.78 is 7.03. The zero-order chi connectivity index (χ0) is 11.2. The van der Waals surface area contributed by atoms with Gasteiger partial charge in [0.2, 0.25) is 0 Å². The Labute approximate surface area is 94.4 Å². The first-order chi connectivity index (χ1) is 7.88. The van der Waals surface area contributed by atoms with E-state index in [9.17, 15) is 0 Å². The maximum Gasteiger partial charge on any atom is 0.158 e. The molecule has 0 aliphatic carbocycles. The lowest BCUT2D eigenvalue weighted by Crippen LogP contribution is -2.13. The topological polar surface area (TPSA) is 55.9 Å². The van der Waals surface area contributed by atoms with Gasteiger partial charge in [0.15, 0.2) is 5.76 Å². The summed E-state index contributed by atoms with van der Waals surface area (Å²) in [5, 5.41) is 11.4. The summed E-state index contributed by atoms with van der Waals surface area (Å²) in [6.45, 7) is 4.53. The molecule has 2 rings (SSSR count). The standard InChI is InChI=1S/C11H16N4O/c1-2-4-12-8-10-7-11(16-14-10)9-15-6-3-5-13-15/h3,5-7,12H,2,4,8-9H2,1H3. The number of rotatable bonds is 6. The van der Waals surface area contributed by atoms with Crippen LogP contribution < -0.4 is 5.32 Å². The molecule has 0 unspecified atom stereocenters. The van der Waals surface area contributed by atoms with Gasteiger partial charge in [0.25, 0.3) is 0 Å². The molecule has 0 saturated heterocycles. The molecule has 0 spiro atoms. The van der Waals surface area contributed by atoms with Crippen molar-refractivity contribution in [2.24, 2.45) is 0 Å². The van der Waals surface area contributed by atoms with Gasteiger partial charge in [0, 0.05) is 25.0 Å². The molecular weight excluding hydrogens is 204 g/mol. The van der Waals surface area contributed by atoms with Gasteiger partial charge >= 0.3 is 0 Å². The Balaban J connectivity index is 1.87. The first-order valence-corrected chi connectivity index (χ1v) is 5.51. The fourth-order valence-electron chi connectivity index (χ4n) is 1.46. The number of hydrogen-bond acceptors (Lipinski definition) is 4. The first-order valence-electron chi connectivity index (χ1n) is 5.51. The highest BCUT2D eigenvalue weighted by Crippen LogP contribution is 2.05. The summed E-state index contributed by atoms with van der Waals surface area (Å²) in [4.78, 5) is 0. The van der Waals surface area contributed by atoms with Crippen LogP contribution in [0.25, 0.3) is 0 Å². The Morgan fingerprint density at radius 3 is 3.19 bits per heavy atom. The third-order valence-electron chi connectivity index (χ3n) is 2.22. The van der Waals surface area contributed by atoms with E-state index >= 15 is 0 Å². The van der Waals surface area contributed by atoms with Gasteiger partial charge in [0.05, 0.1) is 5.69 Å². The van der Waals surface area contributed by atoms with E-state index in [-0.39, 0.29) is 0 Å². The predicted octanol–water partition coefficient (Wildman–Crippen LogP) is 1.42. The second-order valence-electron chi connectivity index (χ2n) is 3.66. The van der Waals surface area contributed by atoms with Crippen molar-refractivity contribution >= 4 is 0 Å². The molecule has 0 amide bonds. The highest BCUT2D eigenvalue weighted by atomic mass is 16.5. The molecule has 2 heterocycles. The third-order valence-corrected chi connectivity index (χ3v) is 2.22. The van der Waals surface area contributed by atoms with Crippen molar-refractivity contribution in [3.8, 4) is 0 Å². The molecular formula is C11H16N4O. The van der Waals surface area contributed by atoms with Crippen molar-refractivity contribution in [1.82, 2.24) is 20.3 Å². The van der Waals surface area contributed by atoms with Crippen molar-refractivity contribution in [1.29, 1.82) is 0 Å². The SMILES string of the molecule is CCCNCc1cc(Cn2cccn2)on1. The van der Waals surface area contributed by atoms with Crippen molar-refractivity contribution in [3.63, 3.8) is 0 Å². The van der Waals surface area contributed by atoms with E-state index in [1.807, 2.05) is 23.0 Å². The fraction of sp³-hybridized carbons (Fsp3) is 0.455. The lowest BCUT2D eigenvalue weighted by atomic mass is 10.3. The van der Waals surface area contributed by atoms with Gasteiger partial charge in [-0.3, -0.25) is 4.68 Å². The number of hydrogen-bond donors (Lipinski definition) is 1. The normalized spacial score (nSPS) is 10.8. The van der Waals surface area contributed by atoms with Gasteiger partial charge in [-0.2, -0.15) is 5.10 Å². The van der Waals surface area contributed by atoms with Crippen molar-refractivity contribution in [3.05, 3.63) is 36.0 Å². The summed E-state index contributed by atoms with van der Waals surface area (Å²) in [5.74, 6) is 0.831. The Hall–Kier alpha value is -1.62. The van der Waals surface area contributed by atoms with Crippen LogP contribution in [0.5, 0.6) is 0 Å². The van der Waals surface area contributed by atoms with E-state index in [1.54, 1.807) is 6.20 Å². The first kappa shape index (κ1) is 10.9. The molecule has 16 heavy (non-hydrogen) atoms. The van der Waals surface area contributed by atoms with Gasteiger partial charge in [-0.25, -0.2) is 0 Å². The van der Waals surface area contributed by atoms with Crippen LogP contribution in [0.1, 0.15) is 24.8 Å². The largest absolute Gasteiger partial charge is 0.359 e. The average Bonchev–Trinajstić information content (AvgIpc) is 2.91. The average molecular weight is 220 g/mol. The monoisotopic (exact) mass is 220 g/mol. The molecule has 0 aliphatic heterocycles. The molecule has 0 fully saturated rings. The summed E-state index contributed by atoms with van der Waals surface area (Å²) in [6.07, 6.45) is 4.77. The zero-order valence-corrected chi connectivity index (χ0v) is 9.39. The van der Waals surface area contributed by atoms with E-state index in [2.05, 4.69) is 22.5 Å². The van der Waals surface area contributed by atoms with Crippen LogP contribution in [0, 0.1) is 0 Å². The Kier molecular flexibility index (Phi) is 3.71. The van der Waals surface area contributed by atoms with Crippen LogP contribution in [0.15, 0.2) is 29.0 Å². The second kappa shape index (κ2) is 5.46. The van der Waals surface area contributed by atoms with Gasteiger partial charge in [-0.15, -0.1) is 0 Å². The minimum absolute atomic E-state index is 0.633. The second-order valence-corrected chi connectivity index (χ2v) is 3.66. The Bertz CT molecular complexity index is 407. The molecule has 1 N–H and O–H groups in total. The van der Waals surface area contributed by atoms with Crippen LogP contribution in [0.4, 0.5) is 0 Å². The maximum atomic E-state index is 5.22. The van der Waals surface area contributed by atoms with Gasteiger partial charge in [-0.05, 0) is 19.0 Å². The Morgan fingerprint density at radius 1 is 1.50 bits per heavy atom. The van der Waals surface area contributed by atoms with Crippen LogP contribution in [0.2, 0.25) is 0 Å². The molecule has 5 heteroatoms. The van der Waals surface area contributed by atoms with E-state index in [0.717, 1.165) is 31.0 Å². The van der Waals surface area contributed by atoms with E-state index in [1.165, 1.54) is 0 Å². The van der Waals surface area contributed by atoms with Crippen molar-refractivity contribution < 1.29 is 4.52 Å². The molecule has 5 nitrogen and oxygen atoms in total. The van der Waals surface area contributed by atoms with Gasteiger partial charge < -0.3 is 9.84 Å². The Morgan fingerprint density at radius 2 is 2.44 bits per heavy atom. The molecule has 2 aromatic heterocycles. The van der Waals surface area contributed by atoms with Crippen LogP contribution in [-0.2, 0) is 13.1 Å². The van der Waals surface area contributed by atoms with Crippen LogP contribution in [0.3, 0.4) is 0 Å². The molecule has 0 atom stereocenters. The highest BCUT2D eigenvalue weighted by molar-refractivity contribution is 5.05. The number of nitrogens with zero attached hydrogens (tertiary/aromatic N) is 3. The summed E-state index contributed by atoms with van der Waals surface area (Å²) >= 11 is 0. The van der Waals surface area contributed by atoms with Crippen molar-refractivity contribution in [2.75, 3.05) is 6.54 Å². The lowest BCUT2D eigenvalue weighted by Gasteiger charge is -1.96. The molecule has 0 radical (unpaired) electrons. The molecule has 0 aliphatic rings. The molecule has 0 aromatic carbocycles. The summed E-state index contributed by atoms with van der Waals surface area (Å²) in [6, 6.07) is 3.85. The minimum Gasteiger partial charge on any atom is -0.359 e. The fourth-order valence-corrected chi connectivity index (χ4v) is 1.46. The molecule has 86 valence electrons.